The maximum absolute atomic E-state index is 6.76. The van der Waals surface area contributed by atoms with Crippen molar-refractivity contribution in [1.29, 1.82) is 0 Å². The number of morpholine rings is 1. The molecule has 5 heterocycles. The summed E-state index contributed by atoms with van der Waals surface area (Å²) in [5.41, 5.74) is 10.3. The number of nitrogens with two attached hydrogens (primary N) is 1. The van der Waals surface area contributed by atoms with Crippen LogP contribution in [0.2, 0.25) is 5.02 Å². The van der Waals surface area contributed by atoms with Crippen LogP contribution in [-0.2, 0) is 24.6 Å². The van der Waals surface area contributed by atoms with E-state index in [1.165, 1.54) is 23.0 Å². The highest BCUT2D eigenvalue weighted by Crippen LogP contribution is 2.45. The molecule has 2 fully saturated rings. The van der Waals surface area contributed by atoms with Crippen molar-refractivity contribution in [2.24, 2.45) is 12.5 Å². The Kier molecular flexibility index (Phi) is 6.21. The van der Waals surface area contributed by atoms with Crippen molar-refractivity contribution >= 4 is 40.8 Å². The van der Waals surface area contributed by atoms with Crippen molar-refractivity contribution in [1.82, 2.24) is 24.7 Å². The van der Waals surface area contributed by atoms with E-state index in [0.29, 0.717) is 34.5 Å². The van der Waals surface area contributed by atoms with Gasteiger partial charge in [0.2, 0.25) is 0 Å². The second kappa shape index (κ2) is 9.39. The first-order valence-corrected chi connectivity index (χ1v) is 13.7. The number of ether oxygens (including phenoxy) is 1. The summed E-state index contributed by atoms with van der Waals surface area (Å²) >= 11 is 8.20. The van der Waals surface area contributed by atoms with Gasteiger partial charge >= 0.3 is 0 Å². The Labute approximate surface area is 220 Å². The monoisotopic (exact) mass is 526 g/mol. The van der Waals surface area contributed by atoms with Gasteiger partial charge in [-0.2, -0.15) is 5.10 Å². The molecule has 1 spiro atoms. The molecule has 2 saturated heterocycles. The molecule has 2 aliphatic heterocycles. The predicted octanol–water partition coefficient (Wildman–Crippen LogP) is 3.52. The topological polar surface area (TPSA) is 98.2 Å². The third kappa shape index (κ3) is 4.39. The number of anilines is 3. The lowest BCUT2D eigenvalue weighted by molar-refractivity contribution is 0.122. The van der Waals surface area contributed by atoms with Gasteiger partial charge in [0.1, 0.15) is 10.8 Å². The van der Waals surface area contributed by atoms with Gasteiger partial charge in [0, 0.05) is 50.5 Å². The lowest BCUT2D eigenvalue weighted by atomic mass is 9.76. The average Bonchev–Trinajstić information content (AvgIpc) is 3.37. The minimum Gasteiger partial charge on any atom is -0.381 e. The van der Waals surface area contributed by atoms with E-state index in [0.717, 1.165) is 74.1 Å². The third-order valence-electron chi connectivity index (χ3n) is 7.61. The van der Waals surface area contributed by atoms with Gasteiger partial charge in [0.15, 0.2) is 11.6 Å². The van der Waals surface area contributed by atoms with Gasteiger partial charge in [-0.3, -0.25) is 4.68 Å². The maximum Gasteiger partial charge on any atom is 0.158 e. The number of hydrogen-bond donors (Lipinski definition) is 1. The molecule has 0 aromatic carbocycles. The zero-order chi connectivity index (χ0) is 24.9. The number of aromatic nitrogens is 5. The Morgan fingerprint density at radius 3 is 2.56 bits per heavy atom. The molecule has 3 aliphatic rings. The first kappa shape index (κ1) is 23.8. The fraction of sp³-hybridized carbons (Fsp3) is 0.520. The summed E-state index contributed by atoms with van der Waals surface area (Å²) in [7, 11) is 2.01. The molecule has 0 atom stereocenters. The van der Waals surface area contributed by atoms with E-state index in [1.54, 1.807) is 6.20 Å². The van der Waals surface area contributed by atoms with E-state index in [2.05, 4.69) is 26.1 Å². The van der Waals surface area contributed by atoms with E-state index in [4.69, 9.17) is 32.0 Å². The zero-order valence-electron chi connectivity index (χ0n) is 20.7. The maximum atomic E-state index is 6.76. The second-order valence-corrected chi connectivity index (χ2v) is 11.5. The van der Waals surface area contributed by atoms with Gasteiger partial charge in [0.25, 0.3) is 0 Å². The molecule has 0 saturated carbocycles. The number of pyridine rings is 1. The number of hydrogen-bond acceptors (Lipinski definition) is 9. The average molecular weight is 527 g/mol. The molecule has 0 unspecified atom stereocenters. The van der Waals surface area contributed by atoms with E-state index in [1.807, 2.05) is 24.7 Å². The summed E-state index contributed by atoms with van der Waals surface area (Å²) in [6.07, 6.45) is 8.43. The molecule has 1 aliphatic carbocycles. The number of halogens is 1. The highest BCUT2D eigenvalue weighted by molar-refractivity contribution is 7.99. The molecule has 2 N–H and O–H groups in total. The standard InChI is InChI=1S/C25H31ClN8OS/c1-16-22(33-7-4-25(5-8-33)13-17-15-32(2)31-18(17)14-25)30-21(27)24(29-16)36-19-3-6-28-23(20(19)26)34-9-11-35-12-10-34/h3,6,15H,4-5,7-14H2,1-2H3,(H2,27,30). The predicted molar refractivity (Wildman–Crippen MR) is 142 cm³/mol. The van der Waals surface area contributed by atoms with Gasteiger partial charge in [-0.15, -0.1) is 0 Å². The van der Waals surface area contributed by atoms with Crippen LogP contribution in [0.25, 0.3) is 0 Å². The minimum atomic E-state index is 0.335. The Morgan fingerprint density at radius 1 is 1.06 bits per heavy atom. The Balaban J connectivity index is 1.16. The minimum absolute atomic E-state index is 0.335. The summed E-state index contributed by atoms with van der Waals surface area (Å²) in [5, 5.41) is 5.95. The van der Waals surface area contributed by atoms with Crippen LogP contribution in [0, 0.1) is 12.3 Å². The van der Waals surface area contributed by atoms with Gasteiger partial charge < -0.3 is 20.3 Å². The Hall–Kier alpha value is -2.56. The lowest BCUT2D eigenvalue weighted by Crippen LogP contribution is -2.41. The quantitative estimate of drug-likeness (QED) is 0.547. The van der Waals surface area contributed by atoms with E-state index in [-0.39, 0.29) is 0 Å². The Bertz CT molecular complexity index is 1260. The normalized spacial score (nSPS) is 19.2. The summed E-state index contributed by atoms with van der Waals surface area (Å²) in [5.74, 6) is 2.09. The zero-order valence-corrected chi connectivity index (χ0v) is 22.3. The Morgan fingerprint density at radius 2 is 1.81 bits per heavy atom. The van der Waals surface area contributed by atoms with Gasteiger partial charge in [0.05, 0.1) is 29.6 Å². The number of nitrogen functional groups attached to an aromatic ring is 1. The van der Waals surface area contributed by atoms with Crippen LogP contribution in [0.1, 0.15) is 29.8 Å². The van der Waals surface area contributed by atoms with Gasteiger partial charge in [-0.25, -0.2) is 15.0 Å². The molecular weight excluding hydrogens is 496 g/mol. The number of nitrogens with zero attached hydrogens (tertiary/aromatic N) is 7. The van der Waals surface area contributed by atoms with Crippen LogP contribution in [0.4, 0.5) is 17.5 Å². The number of fused-ring (bicyclic) bond motifs is 1. The molecule has 0 bridgehead atoms. The van der Waals surface area contributed by atoms with Crippen molar-refractivity contribution in [2.45, 2.75) is 42.5 Å². The largest absolute Gasteiger partial charge is 0.381 e. The van der Waals surface area contributed by atoms with E-state index in [9.17, 15) is 0 Å². The van der Waals surface area contributed by atoms with Crippen LogP contribution in [0.15, 0.2) is 28.4 Å². The van der Waals surface area contributed by atoms with Crippen molar-refractivity contribution in [2.75, 3.05) is 54.9 Å². The smallest absolute Gasteiger partial charge is 0.158 e. The van der Waals surface area contributed by atoms with Crippen LogP contribution < -0.4 is 15.5 Å². The fourth-order valence-electron chi connectivity index (χ4n) is 5.72. The number of rotatable bonds is 4. The van der Waals surface area contributed by atoms with Gasteiger partial charge in [-0.1, -0.05) is 23.4 Å². The van der Waals surface area contributed by atoms with Crippen molar-refractivity contribution < 1.29 is 4.74 Å². The SMILES string of the molecule is Cc1nc(Sc2ccnc(N3CCOCC3)c2Cl)c(N)nc1N1CCC2(CC1)Cc1cn(C)nc1C2. The molecule has 190 valence electrons. The summed E-state index contributed by atoms with van der Waals surface area (Å²) < 4.78 is 7.40. The fourth-order valence-corrected chi connectivity index (χ4v) is 6.92. The molecule has 0 radical (unpaired) electrons. The van der Waals surface area contributed by atoms with Crippen LogP contribution in [0.3, 0.4) is 0 Å². The highest BCUT2D eigenvalue weighted by atomic mass is 35.5. The first-order valence-electron chi connectivity index (χ1n) is 12.5. The van der Waals surface area contributed by atoms with Gasteiger partial charge in [-0.05, 0) is 49.7 Å². The summed E-state index contributed by atoms with van der Waals surface area (Å²) in [4.78, 5) is 19.5. The number of aryl methyl sites for hydroxylation is 2. The second-order valence-electron chi connectivity index (χ2n) is 10.1. The van der Waals surface area contributed by atoms with E-state index < -0.39 is 0 Å². The molecule has 6 rings (SSSR count). The molecular formula is C25H31ClN8OS. The molecule has 9 nitrogen and oxygen atoms in total. The molecule has 36 heavy (non-hydrogen) atoms. The molecule has 3 aromatic rings. The summed E-state index contributed by atoms with van der Waals surface area (Å²) in [6.45, 7) is 6.83. The van der Waals surface area contributed by atoms with Crippen molar-refractivity contribution in [3.8, 4) is 0 Å². The van der Waals surface area contributed by atoms with Crippen molar-refractivity contribution in [3.05, 3.63) is 40.4 Å². The van der Waals surface area contributed by atoms with Crippen LogP contribution in [-0.4, -0.2) is 64.1 Å². The molecule has 11 heteroatoms. The van der Waals surface area contributed by atoms with Crippen molar-refractivity contribution in [3.63, 3.8) is 0 Å². The first-order chi connectivity index (χ1) is 17.4. The number of piperidine rings is 1. The van der Waals surface area contributed by atoms with Crippen LogP contribution in [0.5, 0.6) is 0 Å². The third-order valence-corrected chi connectivity index (χ3v) is 9.15. The van der Waals surface area contributed by atoms with E-state index >= 15 is 0 Å². The lowest BCUT2D eigenvalue weighted by Gasteiger charge is -2.40. The summed E-state index contributed by atoms with van der Waals surface area (Å²) in [6, 6.07) is 1.90. The highest BCUT2D eigenvalue weighted by Gasteiger charge is 2.41. The van der Waals surface area contributed by atoms with Crippen LogP contribution >= 0.6 is 23.4 Å². The molecule has 0 amide bonds. The molecule has 3 aromatic heterocycles.